The van der Waals surface area contributed by atoms with Gasteiger partial charge in [0.15, 0.2) is 0 Å². The van der Waals surface area contributed by atoms with E-state index in [1.807, 2.05) is 78.9 Å². The lowest BCUT2D eigenvalue weighted by Crippen LogP contribution is -2.55. The predicted molar refractivity (Wildman–Crippen MR) is 161 cm³/mol. The summed E-state index contributed by atoms with van der Waals surface area (Å²) >= 11 is 1.33. The van der Waals surface area contributed by atoms with Gasteiger partial charge in [-0.15, -0.1) is 0 Å². The van der Waals surface area contributed by atoms with E-state index >= 15 is 0 Å². The Morgan fingerprint density at radius 3 is 2.03 bits per heavy atom. The first kappa shape index (κ1) is 28.8. The molecule has 1 heterocycles. The largest absolute Gasteiger partial charge is 0.379 e. The Hall–Kier alpha value is -3.19. The lowest BCUT2D eigenvalue weighted by atomic mass is 9.94. The Kier molecular flexibility index (Phi) is 11.0. The van der Waals surface area contributed by atoms with Gasteiger partial charge < -0.3 is 10.1 Å². The Morgan fingerprint density at radius 2 is 1.44 bits per heavy atom. The van der Waals surface area contributed by atoms with Gasteiger partial charge in [-0.25, -0.2) is 0 Å². The normalized spacial score (nSPS) is 16.6. The molecule has 39 heavy (non-hydrogen) atoms. The van der Waals surface area contributed by atoms with Crippen LogP contribution < -0.4 is 5.32 Å². The molecule has 3 aromatic rings. The molecular weight excluding hydrogens is 504 g/mol. The minimum Gasteiger partial charge on any atom is -0.379 e. The van der Waals surface area contributed by atoms with Crippen molar-refractivity contribution >= 4 is 28.9 Å². The Bertz CT molecular complexity index is 1200. The highest BCUT2D eigenvalue weighted by Crippen LogP contribution is 2.31. The average molecular weight is 543 g/mol. The summed E-state index contributed by atoms with van der Waals surface area (Å²) < 4.78 is 5.68. The number of carbonyl (C=O) groups excluding carboxylic acids is 2. The molecule has 0 spiro atoms. The monoisotopic (exact) mass is 542 g/mol. The quantitative estimate of drug-likeness (QED) is 0.313. The van der Waals surface area contributed by atoms with E-state index in [0.717, 1.165) is 25.1 Å². The molecule has 0 saturated carbocycles. The molecule has 6 heteroatoms. The third-order valence-electron chi connectivity index (χ3n) is 6.82. The zero-order valence-corrected chi connectivity index (χ0v) is 23.6. The summed E-state index contributed by atoms with van der Waals surface area (Å²) in [7, 11) is 0. The van der Waals surface area contributed by atoms with E-state index in [-0.39, 0.29) is 28.4 Å². The van der Waals surface area contributed by atoms with Gasteiger partial charge in [0.05, 0.1) is 18.5 Å². The molecule has 0 radical (unpaired) electrons. The van der Waals surface area contributed by atoms with Gasteiger partial charge in [0, 0.05) is 36.3 Å². The van der Waals surface area contributed by atoms with Crippen LogP contribution in [0.25, 0.3) is 6.08 Å². The second kappa shape index (κ2) is 14.8. The summed E-state index contributed by atoms with van der Waals surface area (Å²) in [4.78, 5) is 29.5. The van der Waals surface area contributed by atoms with E-state index < -0.39 is 0 Å². The minimum absolute atomic E-state index is 0.00897. The number of thioether (sulfide) groups is 1. The SMILES string of the molecule is CC(C)C[C@H](NC(=O)c1ccccc1)[C@@H](SC(=O)c1ccccc1)[C@@H](/C=C/c1ccccc1)N1CCOCC1. The van der Waals surface area contributed by atoms with Gasteiger partial charge in [0.2, 0.25) is 5.12 Å². The van der Waals surface area contributed by atoms with E-state index in [4.69, 9.17) is 4.74 Å². The first-order chi connectivity index (χ1) is 19.0. The number of nitrogens with one attached hydrogen (secondary N) is 1. The lowest BCUT2D eigenvalue weighted by Gasteiger charge is -2.40. The van der Waals surface area contributed by atoms with Crippen LogP contribution in [0.2, 0.25) is 0 Å². The highest BCUT2D eigenvalue weighted by atomic mass is 32.2. The third-order valence-corrected chi connectivity index (χ3v) is 8.15. The van der Waals surface area contributed by atoms with Gasteiger partial charge in [-0.2, -0.15) is 0 Å². The number of benzene rings is 3. The second-order valence-corrected chi connectivity index (χ2v) is 11.4. The summed E-state index contributed by atoms with van der Waals surface area (Å²) in [6, 6.07) is 28.6. The summed E-state index contributed by atoms with van der Waals surface area (Å²) in [5.74, 6) is 0.205. The first-order valence-corrected chi connectivity index (χ1v) is 14.6. The van der Waals surface area contributed by atoms with E-state index in [2.05, 4.69) is 48.3 Å². The van der Waals surface area contributed by atoms with Crippen LogP contribution in [-0.4, -0.2) is 59.6 Å². The van der Waals surface area contributed by atoms with Crippen LogP contribution in [0.15, 0.2) is 97.1 Å². The predicted octanol–water partition coefficient (Wildman–Crippen LogP) is 6.19. The van der Waals surface area contributed by atoms with Crippen molar-refractivity contribution in [2.24, 2.45) is 5.92 Å². The lowest BCUT2D eigenvalue weighted by molar-refractivity contribution is 0.0233. The molecule has 204 valence electrons. The van der Waals surface area contributed by atoms with Gasteiger partial charge in [-0.05, 0) is 30.0 Å². The molecule has 1 aliphatic heterocycles. The average Bonchev–Trinajstić information content (AvgIpc) is 2.98. The van der Waals surface area contributed by atoms with Crippen molar-refractivity contribution in [3.8, 4) is 0 Å². The van der Waals surface area contributed by atoms with E-state index in [1.54, 1.807) is 0 Å². The van der Waals surface area contributed by atoms with Gasteiger partial charge in [0.25, 0.3) is 5.91 Å². The molecule has 1 fully saturated rings. The molecule has 0 aromatic heterocycles. The molecule has 1 amide bonds. The molecule has 0 bridgehead atoms. The van der Waals surface area contributed by atoms with Gasteiger partial charge >= 0.3 is 0 Å². The highest BCUT2D eigenvalue weighted by molar-refractivity contribution is 8.14. The van der Waals surface area contributed by atoms with Crippen molar-refractivity contribution in [3.63, 3.8) is 0 Å². The third kappa shape index (κ3) is 8.65. The van der Waals surface area contributed by atoms with Crippen LogP contribution >= 0.6 is 11.8 Å². The fourth-order valence-corrected chi connectivity index (χ4v) is 6.13. The second-order valence-electron chi connectivity index (χ2n) is 10.2. The molecular formula is C33H38N2O3S. The number of hydrogen-bond acceptors (Lipinski definition) is 5. The number of hydrogen-bond donors (Lipinski definition) is 1. The Balaban J connectivity index is 1.73. The Morgan fingerprint density at radius 1 is 0.872 bits per heavy atom. The maximum absolute atomic E-state index is 13.6. The molecule has 1 saturated heterocycles. The number of ether oxygens (including phenoxy) is 1. The van der Waals surface area contributed by atoms with Crippen molar-refractivity contribution in [1.82, 2.24) is 10.2 Å². The summed E-state index contributed by atoms with van der Waals surface area (Å²) in [6.45, 7) is 7.14. The van der Waals surface area contributed by atoms with E-state index in [1.165, 1.54) is 11.8 Å². The maximum atomic E-state index is 13.6. The van der Waals surface area contributed by atoms with Crippen LogP contribution in [0.5, 0.6) is 0 Å². The van der Waals surface area contributed by atoms with Crippen molar-refractivity contribution in [3.05, 3.63) is 114 Å². The fourth-order valence-electron chi connectivity index (χ4n) is 4.87. The maximum Gasteiger partial charge on any atom is 0.251 e. The van der Waals surface area contributed by atoms with E-state index in [0.29, 0.717) is 30.3 Å². The topological polar surface area (TPSA) is 58.6 Å². The van der Waals surface area contributed by atoms with Gasteiger partial charge in [0.1, 0.15) is 0 Å². The van der Waals surface area contributed by atoms with Crippen LogP contribution in [0.3, 0.4) is 0 Å². The number of amides is 1. The van der Waals surface area contributed by atoms with Crippen LogP contribution in [-0.2, 0) is 4.74 Å². The zero-order chi connectivity index (χ0) is 27.5. The molecule has 0 aliphatic carbocycles. The first-order valence-electron chi connectivity index (χ1n) is 13.7. The van der Waals surface area contributed by atoms with Crippen molar-refractivity contribution in [1.29, 1.82) is 0 Å². The highest BCUT2D eigenvalue weighted by Gasteiger charge is 2.36. The molecule has 0 unspecified atom stereocenters. The molecule has 1 N–H and O–H groups in total. The van der Waals surface area contributed by atoms with E-state index in [9.17, 15) is 9.59 Å². The van der Waals surface area contributed by atoms with Gasteiger partial charge in [-0.1, -0.05) is 117 Å². The molecule has 3 aromatic carbocycles. The standard InChI is InChI=1S/C33H38N2O3S/c1-25(2)24-29(34-32(36)27-14-8-4-9-15-27)31(39-33(37)28-16-10-5-11-17-28)30(35-20-22-38-23-21-35)19-18-26-12-6-3-7-13-26/h3-19,25,29-31H,20-24H2,1-2H3,(H,34,36)/b19-18+/t29-,30+,31+/m0/s1. The molecule has 3 atom stereocenters. The zero-order valence-electron chi connectivity index (χ0n) is 22.7. The Labute approximate surface area is 236 Å². The van der Waals surface area contributed by atoms with Crippen molar-refractivity contribution in [2.45, 2.75) is 37.6 Å². The molecule has 5 nitrogen and oxygen atoms in total. The van der Waals surface area contributed by atoms with Gasteiger partial charge in [-0.3, -0.25) is 14.5 Å². The van der Waals surface area contributed by atoms with Crippen LogP contribution in [0.4, 0.5) is 0 Å². The summed E-state index contributed by atoms with van der Waals surface area (Å²) in [5, 5.41) is 3.13. The molecule has 4 rings (SSSR count). The number of morpholine rings is 1. The van der Waals surface area contributed by atoms with Crippen LogP contribution in [0.1, 0.15) is 46.5 Å². The van der Waals surface area contributed by atoms with Crippen molar-refractivity contribution in [2.75, 3.05) is 26.3 Å². The fraction of sp³-hybridized carbons (Fsp3) is 0.333. The number of rotatable bonds is 11. The number of nitrogens with zero attached hydrogens (tertiary/aromatic N) is 1. The van der Waals surface area contributed by atoms with Crippen molar-refractivity contribution < 1.29 is 14.3 Å². The minimum atomic E-state index is -0.233. The number of carbonyl (C=O) groups is 2. The summed E-state index contributed by atoms with van der Waals surface area (Å²) in [6.07, 6.45) is 5.09. The molecule has 1 aliphatic rings. The smallest absolute Gasteiger partial charge is 0.251 e. The summed E-state index contributed by atoms with van der Waals surface area (Å²) in [5.41, 5.74) is 2.38. The van der Waals surface area contributed by atoms with Crippen LogP contribution in [0, 0.1) is 5.92 Å².